The average molecular weight is 348 g/mol. The Bertz CT molecular complexity index is 1010. The number of benzene rings is 3. The van der Waals surface area contributed by atoms with Gasteiger partial charge in [0.15, 0.2) is 0 Å². The second-order valence-electron chi connectivity index (χ2n) is 5.47. The zero-order valence-corrected chi connectivity index (χ0v) is 14.5. The lowest BCUT2D eigenvalue weighted by Crippen LogP contribution is -2.01. The van der Waals surface area contributed by atoms with Gasteiger partial charge in [0.2, 0.25) is 5.16 Å². The van der Waals surface area contributed by atoms with Crippen LogP contribution in [-0.4, -0.2) is 27.3 Å². The fraction of sp³-hybridized carbons (Fsp3) is 0.105. The van der Waals surface area contributed by atoms with Crippen molar-refractivity contribution in [3.8, 4) is 11.4 Å². The van der Waals surface area contributed by atoms with Gasteiger partial charge in [0.25, 0.3) is 0 Å². The van der Waals surface area contributed by atoms with Crippen LogP contribution in [0.3, 0.4) is 0 Å². The first kappa shape index (κ1) is 15.7. The summed E-state index contributed by atoms with van der Waals surface area (Å²) < 4.78 is 7.14. The molecule has 6 heteroatoms. The zero-order valence-electron chi connectivity index (χ0n) is 13.7. The molecule has 0 saturated carbocycles. The third-order valence-corrected chi connectivity index (χ3v) is 4.96. The van der Waals surface area contributed by atoms with Gasteiger partial charge < -0.3 is 4.74 Å². The highest BCUT2D eigenvalue weighted by Gasteiger charge is 2.13. The van der Waals surface area contributed by atoms with Crippen molar-refractivity contribution >= 4 is 22.5 Å². The minimum absolute atomic E-state index is 0.734. The lowest BCUT2D eigenvalue weighted by atomic mass is 10.1. The largest absolute Gasteiger partial charge is 0.494 e. The fourth-order valence-corrected chi connectivity index (χ4v) is 3.67. The number of ether oxygens (including phenoxy) is 1. The van der Waals surface area contributed by atoms with Gasteiger partial charge in [0.05, 0.1) is 7.11 Å². The van der Waals surface area contributed by atoms with E-state index in [-0.39, 0.29) is 0 Å². The van der Waals surface area contributed by atoms with Crippen molar-refractivity contribution in [1.82, 2.24) is 20.2 Å². The molecular formula is C19H16N4OS. The van der Waals surface area contributed by atoms with Gasteiger partial charge in [-0.1, -0.05) is 66.4 Å². The summed E-state index contributed by atoms with van der Waals surface area (Å²) in [6, 6.07) is 22.5. The molecular weight excluding hydrogens is 332 g/mol. The van der Waals surface area contributed by atoms with Crippen LogP contribution in [0.1, 0.15) is 5.56 Å². The normalized spacial score (nSPS) is 10.9. The van der Waals surface area contributed by atoms with Gasteiger partial charge in [-0.3, -0.25) is 0 Å². The number of hydrogen-bond donors (Lipinski definition) is 0. The van der Waals surface area contributed by atoms with Gasteiger partial charge in [0, 0.05) is 5.75 Å². The van der Waals surface area contributed by atoms with Gasteiger partial charge in [-0.05, 0) is 38.9 Å². The Morgan fingerprint density at radius 1 is 0.960 bits per heavy atom. The summed E-state index contributed by atoms with van der Waals surface area (Å²) in [5.41, 5.74) is 2.09. The number of methoxy groups -OCH3 is 1. The summed E-state index contributed by atoms with van der Waals surface area (Å²) in [6.45, 7) is 0. The number of tetrazole rings is 1. The lowest BCUT2D eigenvalue weighted by molar-refractivity contribution is 0.410. The van der Waals surface area contributed by atoms with Crippen LogP contribution >= 0.6 is 11.8 Å². The van der Waals surface area contributed by atoms with Crippen molar-refractivity contribution in [2.45, 2.75) is 10.9 Å². The van der Waals surface area contributed by atoms with E-state index in [1.54, 1.807) is 23.6 Å². The molecule has 0 bridgehead atoms. The molecule has 0 radical (unpaired) electrons. The standard InChI is InChI=1S/C19H16N4OS/c1-24-18-12-5-4-11-17(18)23-19(20-21-22-23)25-13-15-9-6-8-14-7-2-3-10-16(14)15/h2-12H,13H2,1H3. The Balaban J connectivity index is 1.64. The highest BCUT2D eigenvalue weighted by Crippen LogP contribution is 2.29. The first-order valence-corrected chi connectivity index (χ1v) is 8.86. The molecule has 0 aliphatic rings. The molecule has 25 heavy (non-hydrogen) atoms. The van der Waals surface area contributed by atoms with E-state index in [4.69, 9.17) is 4.74 Å². The van der Waals surface area contributed by atoms with Crippen LogP contribution in [0, 0.1) is 0 Å². The molecule has 0 saturated heterocycles. The highest BCUT2D eigenvalue weighted by molar-refractivity contribution is 7.98. The summed E-state index contributed by atoms with van der Waals surface area (Å²) in [6.07, 6.45) is 0. The Kier molecular flexibility index (Phi) is 4.35. The van der Waals surface area contributed by atoms with Gasteiger partial charge in [0.1, 0.15) is 11.4 Å². The van der Waals surface area contributed by atoms with Crippen LogP contribution in [0.4, 0.5) is 0 Å². The van der Waals surface area contributed by atoms with Crippen LogP contribution in [0.2, 0.25) is 0 Å². The third kappa shape index (κ3) is 3.08. The predicted octanol–water partition coefficient (Wildman–Crippen LogP) is 4.12. The average Bonchev–Trinajstić information content (AvgIpc) is 3.14. The molecule has 0 N–H and O–H groups in total. The van der Waals surface area contributed by atoms with E-state index >= 15 is 0 Å². The van der Waals surface area contributed by atoms with Crippen LogP contribution in [0.15, 0.2) is 71.9 Å². The van der Waals surface area contributed by atoms with Crippen LogP contribution in [-0.2, 0) is 5.75 Å². The van der Waals surface area contributed by atoms with E-state index in [0.29, 0.717) is 0 Å². The van der Waals surface area contributed by atoms with Crippen molar-refractivity contribution in [2.24, 2.45) is 0 Å². The molecule has 0 spiro atoms. The Morgan fingerprint density at radius 3 is 2.68 bits per heavy atom. The number of thioether (sulfide) groups is 1. The molecule has 0 atom stereocenters. The molecule has 0 aliphatic heterocycles. The zero-order chi connectivity index (χ0) is 17.1. The number of hydrogen-bond acceptors (Lipinski definition) is 5. The summed E-state index contributed by atoms with van der Waals surface area (Å²) in [7, 11) is 1.64. The van der Waals surface area contributed by atoms with E-state index in [1.807, 2.05) is 24.3 Å². The predicted molar refractivity (Wildman–Crippen MR) is 99.2 cm³/mol. The topological polar surface area (TPSA) is 52.8 Å². The van der Waals surface area contributed by atoms with Crippen molar-refractivity contribution < 1.29 is 4.74 Å². The first-order chi connectivity index (χ1) is 12.4. The van der Waals surface area contributed by atoms with E-state index in [9.17, 15) is 0 Å². The number of aromatic nitrogens is 4. The van der Waals surface area contributed by atoms with E-state index < -0.39 is 0 Å². The summed E-state index contributed by atoms with van der Waals surface area (Å²) >= 11 is 1.61. The van der Waals surface area contributed by atoms with Crippen molar-refractivity contribution in [3.05, 3.63) is 72.3 Å². The smallest absolute Gasteiger partial charge is 0.214 e. The Morgan fingerprint density at radius 2 is 1.76 bits per heavy atom. The highest BCUT2D eigenvalue weighted by atomic mass is 32.2. The van der Waals surface area contributed by atoms with Crippen molar-refractivity contribution in [1.29, 1.82) is 0 Å². The maximum absolute atomic E-state index is 5.42. The number of nitrogens with zero attached hydrogens (tertiary/aromatic N) is 4. The van der Waals surface area contributed by atoms with Gasteiger partial charge >= 0.3 is 0 Å². The molecule has 1 heterocycles. The summed E-state index contributed by atoms with van der Waals surface area (Å²) in [5.74, 6) is 1.53. The Labute approximate surface area is 149 Å². The summed E-state index contributed by atoms with van der Waals surface area (Å²) in [5, 5.41) is 15.4. The molecule has 5 nitrogen and oxygen atoms in total. The quantitative estimate of drug-likeness (QED) is 0.508. The Hall–Kier alpha value is -2.86. The second kappa shape index (κ2) is 6.94. The first-order valence-electron chi connectivity index (χ1n) is 7.88. The SMILES string of the molecule is COc1ccccc1-n1nnnc1SCc1cccc2ccccc12. The molecule has 0 fully saturated rings. The maximum atomic E-state index is 5.42. The number of fused-ring (bicyclic) bond motifs is 1. The van der Waals surface area contributed by atoms with Crippen LogP contribution < -0.4 is 4.74 Å². The molecule has 0 unspecified atom stereocenters. The second-order valence-corrected chi connectivity index (χ2v) is 6.41. The molecule has 1 aromatic heterocycles. The molecule has 4 rings (SSSR count). The molecule has 0 amide bonds. The monoisotopic (exact) mass is 348 g/mol. The molecule has 4 aromatic rings. The van der Waals surface area contributed by atoms with Crippen molar-refractivity contribution in [3.63, 3.8) is 0 Å². The van der Waals surface area contributed by atoms with Crippen molar-refractivity contribution in [2.75, 3.05) is 7.11 Å². The summed E-state index contributed by atoms with van der Waals surface area (Å²) in [4.78, 5) is 0. The number of rotatable bonds is 5. The van der Waals surface area contributed by atoms with Gasteiger partial charge in [-0.15, -0.1) is 5.10 Å². The third-order valence-electron chi connectivity index (χ3n) is 3.99. The van der Waals surface area contributed by atoms with Crippen LogP contribution in [0.25, 0.3) is 16.5 Å². The van der Waals surface area contributed by atoms with E-state index in [2.05, 4.69) is 58.0 Å². The van der Waals surface area contributed by atoms with Gasteiger partial charge in [-0.25, -0.2) is 0 Å². The minimum Gasteiger partial charge on any atom is -0.494 e. The van der Waals surface area contributed by atoms with Gasteiger partial charge in [-0.2, -0.15) is 4.68 Å². The number of para-hydroxylation sites is 2. The van der Waals surface area contributed by atoms with Crippen LogP contribution in [0.5, 0.6) is 5.75 Å². The molecule has 124 valence electrons. The molecule has 3 aromatic carbocycles. The maximum Gasteiger partial charge on any atom is 0.214 e. The van der Waals surface area contributed by atoms with E-state index in [0.717, 1.165) is 22.3 Å². The van der Waals surface area contributed by atoms with E-state index in [1.165, 1.54) is 16.3 Å². The molecule has 0 aliphatic carbocycles. The minimum atomic E-state index is 0.734. The fourth-order valence-electron chi connectivity index (χ4n) is 2.79. The lowest BCUT2D eigenvalue weighted by Gasteiger charge is -2.09.